The third kappa shape index (κ3) is 3.98. The topological polar surface area (TPSA) is 71.3 Å². The summed E-state index contributed by atoms with van der Waals surface area (Å²) in [4.78, 5) is 0. The molecule has 0 saturated heterocycles. The van der Waals surface area contributed by atoms with E-state index >= 15 is 0 Å². The van der Waals surface area contributed by atoms with Gasteiger partial charge in [0.1, 0.15) is 5.76 Å². The van der Waals surface area contributed by atoms with Crippen molar-refractivity contribution in [3.8, 4) is 0 Å². The van der Waals surface area contributed by atoms with Gasteiger partial charge in [-0.05, 0) is 65.8 Å². The van der Waals surface area contributed by atoms with E-state index in [1.165, 1.54) is 18.9 Å². The first-order valence-electron chi connectivity index (χ1n) is 6.63. The van der Waals surface area contributed by atoms with E-state index in [1.807, 2.05) is 6.07 Å². The van der Waals surface area contributed by atoms with Crippen molar-refractivity contribution >= 4 is 38.3 Å². The second-order valence-corrected chi connectivity index (χ2v) is 7.85. The van der Waals surface area contributed by atoms with Gasteiger partial charge in [0, 0.05) is 15.3 Å². The van der Waals surface area contributed by atoms with Crippen molar-refractivity contribution in [2.45, 2.75) is 30.5 Å². The molecule has 0 unspecified atom stereocenters. The number of sulfonamides is 1. The summed E-state index contributed by atoms with van der Waals surface area (Å²) in [5.41, 5.74) is 0.524. The zero-order chi connectivity index (χ0) is 14.9. The molecule has 0 bridgehead atoms. The van der Waals surface area contributed by atoms with Crippen molar-refractivity contribution in [1.82, 2.24) is 5.32 Å². The van der Waals surface area contributed by atoms with Gasteiger partial charge in [-0.25, -0.2) is 0 Å². The Morgan fingerprint density at radius 3 is 2.76 bits per heavy atom. The molecule has 21 heavy (non-hydrogen) atoms. The normalized spacial score (nSPS) is 15.1. The lowest BCUT2D eigenvalue weighted by Crippen LogP contribution is -2.15. The third-order valence-electron chi connectivity index (χ3n) is 3.12. The summed E-state index contributed by atoms with van der Waals surface area (Å²) in [6, 6.07) is 10.9. The summed E-state index contributed by atoms with van der Waals surface area (Å²) in [7, 11) is -3.68. The highest BCUT2D eigenvalue weighted by atomic mass is 127. The van der Waals surface area contributed by atoms with Crippen molar-refractivity contribution in [3.05, 3.63) is 45.7 Å². The van der Waals surface area contributed by atoms with Crippen molar-refractivity contribution in [2.24, 2.45) is 0 Å². The minimum absolute atomic E-state index is 0.0611. The van der Waals surface area contributed by atoms with Crippen molar-refractivity contribution in [1.29, 1.82) is 0 Å². The lowest BCUT2D eigenvalue weighted by molar-refractivity contribution is 0.403. The molecular weight excluding hydrogens is 403 g/mol. The Bertz CT molecular complexity index is 738. The number of benzene rings is 1. The van der Waals surface area contributed by atoms with Crippen molar-refractivity contribution < 1.29 is 12.8 Å². The molecule has 2 aromatic rings. The number of nitrogens with one attached hydrogen (secondary N) is 2. The fraction of sp³-hybridized carbons (Fsp3) is 0.286. The van der Waals surface area contributed by atoms with Gasteiger partial charge in [0.15, 0.2) is 0 Å². The molecule has 5 nitrogen and oxygen atoms in total. The van der Waals surface area contributed by atoms with E-state index < -0.39 is 10.0 Å². The smallest absolute Gasteiger partial charge is 0.295 e. The van der Waals surface area contributed by atoms with E-state index in [4.69, 9.17) is 4.42 Å². The number of hydrogen-bond acceptors (Lipinski definition) is 4. The maximum Gasteiger partial charge on any atom is 0.295 e. The predicted octanol–water partition coefficient (Wildman–Crippen LogP) is 2.94. The summed E-state index contributed by atoms with van der Waals surface area (Å²) < 4.78 is 33.4. The fourth-order valence-corrected chi connectivity index (χ4v) is 3.43. The van der Waals surface area contributed by atoms with Gasteiger partial charge in [0.25, 0.3) is 10.0 Å². The van der Waals surface area contributed by atoms with Gasteiger partial charge in [-0.1, -0.05) is 6.07 Å². The zero-order valence-electron chi connectivity index (χ0n) is 11.2. The van der Waals surface area contributed by atoms with Crippen LogP contribution in [0, 0.1) is 3.57 Å². The van der Waals surface area contributed by atoms with Crippen LogP contribution in [0.4, 0.5) is 5.69 Å². The third-order valence-corrected chi connectivity index (χ3v) is 5.05. The van der Waals surface area contributed by atoms with Crippen LogP contribution in [0.5, 0.6) is 0 Å². The molecule has 1 heterocycles. The molecule has 1 aliphatic rings. The summed E-state index contributed by atoms with van der Waals surface area (Å²) in [6.45, 7) is 0.559. The summed E-state index contributed by atoms with van der Waals surface area (Å²) >= 11 is 2.13. The monoisotopic (exact) mass is 418 g/mol. The Morgan fingerprint density at radius 2 is 2.05 bits per heavy atom. The molecule has 0 spiro atoms. The summed E-state index contributed by atoms with van der Waals surface area (Å²) in [6.07, 6.45) is 2.36. The molecule has 0 amide bonds. The van der Waals surface area contributed by atoms with Gasteiger partial charge in [0.2, 0.25) is 5.09 Å². The average molecular weight is 418 g/mol. The van der Waals surface area contributed by atoms with Crippen LogP contribution in [0.2, 0.25) is 0 Å². The Morgan fingerprint density at radius 1 is 1.24 bits per heavy atom. The first-order chi connectivity index (χ1) is 10.0. The van der Waals surface area contributed by atoms with Gasteiger partial charge >= 0.3 is 0 Å². The Labute approximate surface area is 137 Å². The second-order valence-electron chi connectivity index (χ2n) is 4.99. The van der Waals surface area contributed by atoms with Crippen LogP contribution in [-0.2, 0) is 16.6 Å². The van der Waals surface area contributed by atoms with Crippen LogP contribution in [0.3, 0.4) is 0 Å². The largest absolute Gasteiger partial charge is 0.446 e. The molecule has 7 heteroatoms. The highest BCUT2D eigenvalue weighted by Gasteiger charge is 2.22. The van der Waals surface area contributed by atoms with E-state index in [0.717, 1.165) is 3.57 Å². The molecule has 3 rings (SSSR count). The highest BCUT2D eigenvalue weighted by molar-refractivity contribution is 14.1. The van der Waals surface area contributed by atoms with Gasteiger partial charge in [-0.3, -0.25) is 4.72 Å². The molecule has 1 saturated carbocycles. The number of rotatable bonds is 6. The van der Waals surface area contributed by atoms with Crippen LogP contribution < -0.4 is 10.0 Å². The number of hydrogen-bond donors (Lipinski definition) is 2. The van der Waals surface area contributed by atoms with E-state index in [0.29, 0.717) is 24.0 Å². The molecule has 2 N–H and O–H groups in total. The Kier molecular flexibility index (Phi) is 4.23. The summed E-state index contributed by atoms with van der Waals surface area (Å²) in [5.74, 6) is 0.630. The molecule has 0 aliphatic heterocycles. The lowest BCUT2D eigenvalue weighted by atomic mass is 10.3. The molecule has 1 fully saturated rings. The number of anilines is 1. The maximum absolute atomic E-state index is 12.2. The van der Waals surface area contributed by atoms with E-state index in [1.54, 1.807) is 24.3 Å². The van der Waals surface area contributed by atoms with E-state index in [-0.39, 0.29) is 5.09 Å². The highest BCUT2D eigenvalue weighted by Crippen LogP contribution is 2.22. The van der Waals surface area contributed by atoms with Crippen LogP contribution in [0.15, 0.2) is 45.9 Å². The molecule has 0 atom stereocenters. The van der Waals surface area contributed by atoms with Gasteiger partial charge < -0.3 is 9.73 Å². The minimum Gasteiger partial charge on any atom is -0.446 e. The van der Waals surface area contributed by atoms with Crippen molar-refractivity contribution in [2.75, 3.05) is 4.72 Å². The first-order valence-corrected chi connectivity index (χ1v) is 9.20. The van der Waals surface area contributed by atoms with E-state index in [9.17, 15) is 8.42 Å². The van der Waals surface area contributed by atoms with Gasteiger partial charge in [-0.2, -0.15) is 8.42 Å². The first kappa shape index (κ1) is 14.9. The van der Waals surface area contributed by atoms with Crippen molar-refractivity contribution in [3.63, 3.8) is 0 Å². The quantitative estimate of drug-likeness (QED) is 0.708. The minimum atomic E-state index is -3.68. The van der Waals surface area contributed by atoms with Crippen LogP contribution in [0.25, 0.3) is 0 Å². The van der Waals surface area contributed by atoms with Gasteiger partial charge in [0.05, 0.1) is 6.54 Å². The summed E-state index contributed by atoms with van der Waals surface area (Å²) in [5, 5.41) is 3.22. The zero-order valence-corrected chi connectivity index (χ0v) is 14.1. The average Bonchev–Trinajstić information content (AvgIpc) is 3.12. The lowest BCUT2D eigenvalue weighted by Gasteiger charge is -2.06. The molecular formula is C14H15IN2O3S. The van der Waals surface area contributed by atoms with Gasteiger partial charge in [-0.15, -0.1) is 0 Å². The standard InChI is InChI=1S/C14H15IN2O3S/c15-10-2-1-3-12(8-10)17-21(18,19)14-7-6-13(20-14)9-16-11-4-5-11/h1-3,6-8,11,16-17H,4-5,9H2. The fourth-order valence-electron chi connectivity index (χ4n) is 1.89. The second kappa shape index (κ2) is 5.98. The van der Waals surface area contributed by atoms with Crippen LogP contribution >= 0.6 is 22.6 Å². The van der Waals surface area contributed by atoms with Crippen LogP contribution in [0.1, 0.15) is 18.6 Å². The molecule has 1 aromatic carbocycles. The molecule has 1 aliphatic carbocycles. The van der Waals surface area contributed by atoms with E-state index in [2.05, 4.69) is 32.6 Å². The van der Waals surface area contributed by atoms with Crippen LogP contribution in [-0.4, -0.2) is 14.5 Å². The number of halogens is 1. The number of furan rings is 1. The molecule has 0 radical (unpaired) electrons. The Balaban J connectivity index is 1.71. The predicted molar refractivity (Wildman–Crippen MR) is 88.5 cm³/mol. The Hall–Kier alpha value is -1.06. The maximum atomic E-state index is 12.2. The molecule has 1 aromatic heterocycles. The molecule has 112 valence electrons. The SMILES string of the molecule is O=S(=O)(Nc1cccc(I)c1)c1ccc(CNC2CC2)o1.